The summed E-state index contributed by atoms with van der Waals surface area (Å²) >= 11 is 0. The number of aliphatic carboxylic acids is 1. The van der Waals surface area contributed by atoms with E-state index in [9.17, 15) is 4.79 Å². The van der Waals surface area contributed by atoms with Crippen LogP contribution in [0.25, 0.3) is 0 Å². The van der Waals surface area contributed by atoms with Crippen molar-refractivity contribution in [2.24, 2.45) is 5.92 Å². The Bertz CT molecular complexity index is 403. The van der Waals surface area contributed by atoms with E-state index in [4.69, 9.17) is 5.11 Å². The van der Waals surface area contributed by atoms with E-state index in [0.29, 0.717) is 6.54 Å². The van der Waals surface area contributed by atoms with Crippen LogP contribution in [0.5, 0.6) is 0 Å². The molecule has 1 unspecified atom stereocenters. The van der Waals surface area contributed by atoms with E-state index >= 15 is 0 Å². The van der Waals surface area contributed by atoms with Gasteiger partial charge in [-0.3, -0.25) is 4.79 Å². The summed E-state index contributed by atoms with van der Waals surface area (Å²) in [6.45, 7) is 7.56. The van der Waals surface area contributed by atoms with Crippen molar-refractivity contribution in [1.29, 1.82) is 0 Å². The van der Waals surface area contributed by atoms with E-state index in [1.54, 1.807) is 6.92 Å². The van der Waals surface area contributed by atoms with Crippen molar-refractivity contribution in [2.75, 3.05) is 18.0 Å². The standard InChI is InChI=1S/C16H25NO2/c1-4-6-11-17(12-13(3)16(18)19)15-10-8-7-9-14(15)5-2/h7-10,13H,4-6,11-12H2,1-3H3,(H,18,19). The number of rotatable bonds is 8. The molecule has 3 nitrogen and oxygen atoms in total. The lowest BCUT2D eigenvalue weighted by atomic mass is 10.1. The molecular weight excluding hydrogens is 238 g/mol. The highest BCUT2D eigenvalue weighted by Gasteiger charge is 2.17. The zero-order chi connectivity index (χ0) is 14.3. The largest absolute Gasteiger partial charge is 0.481 e. The summed E-state index contributed by atoms with van der Waals surface area (Å²) in [6, 6.07) is 8.29. The first-order valence-electron chi connectivity index (χ1n) is 7.15. The average Bonchev–Trinajstić information content (AvgIpc) is 2.43. The summed E-state index contributed by atoms with van der Waals surface area (Å²) < 4.78 is 0. The zero-order valence-electron chi connectivity index (χ0n) is 12.2. The Kier molecular flexibility index (Phi) is 6.40. The van der Waals surface area contributed by atoms with Gasteiger partial charge in [-0.15, -0.1) is 0 Å². The Labute approximate surface area is 116 Å². The van der Waals surface area contributed by atoms with E-state index in [2.05, 4.69) is 30.9 Å². The number of anilines is 1. The molecule has 0 amide bonds. The highest BCUT2D eigenvalue weighted by Crippen LogP contribution is 2.22. The van der Waals surface area contributed by atoms with Crippen molar-refractivity contribution in [3.8, 4) is 0 Å². The number of carboxylic acid groups (broad SMARTS) is 1. The van der Waals surface area contributed by atoms with Crippen LogP contribution in [0.4, 0.5) is 5.69 Å². The molecular formula is C16H25NO2. The van der Waals surface area contributed by atoms with Crippen molar-refractivity contribution in [2.45, 2.75) is 40.0 Å². The maximum absolute atomic E-state index is 11.1. The van der Waals surface area contributed by atoms with Crippen molar-refractivity contribution >= 4 is 11.7 Å². The third-order valence-electron chi connectivity index (χ3n) is 3.41. The summed E-state index contributed by atoms with van der Waals surface area (Å²) in [5.74, 6) is -1.07. The topological polar surface area (TPSA) is 40.5 Å². The molecule has 1 rings (SSSR count). The van der Waals surface area contributed by atoms with Crippen LogP contribution >= 0.6 is 0 Å². The summed E-state index contributed by atoms with van der Waals surface area (Å²) in [5.41, 5.74) is 2.47. The highest BCUT2D eigenvalue weighted by atomic mass is 16.4. The number of unbranched alkanes of at least 4 members (excludes halogenated alkanes) is 1. The molecule has 0 aromatic heterocycles. The van der Waals surface area contributed by atoms with Crippen LogP contribution in [-0.4, -0.2) is 24.2 Å². The lowest BCUT2D eigenvalue weighted by Crippen LogP contribution is -2.33. The van der Waals surface area contributed by atoms with Crippen LogP contribution in [0.1, 0.15) is 39.2 Å². The predicted octanol–water partition coefficient (Wildman–Crippen LogP) is 3.58. The molecule has 0 saturated heterocycles. The molecule has 1 N–H and O–H groups in total. The SMILES string of the molecule is CCCCN(CC(C)C(=O)O)c1ccccc1CC. The lowest BCUT2D eigenvalue weighted by molar-refractivity contribution is -0.140. The summed E-state index contributed by atoms with van der Waals surface area (Å²) in [6.07, 6.45) is 3.18. The lowest BCUT2D eigenvalue weighted by Gasteiger charge is -2.28. The molecule has 0 aliphatic rings. The molecule has 0 bridgehead atoms. The van der Waals surface area contributed by atoms with Gasteiger partial charge in [-0.05, 0) is 24.5 Å². The maximum atomic E-state index is 11.1. The minimum absolute atomic E-state index is 0.346. The van der Waals surface area contributed by atoms with Gasteiger partial charge in [0.25, 0.3) is 0 Å². The van der Waals surface area contributed by atoms with E-state index in [0.717, 1.165) is 25.8 Å². The molecule has 0 saturated carbocycles. The number of carboxylic acids is 1. The molecule has 0 heterocycles. The third-order valence-corrected chi connectivity index (χ3v) is 3.41. The fourth-order valence-corrected chi connectivity index (χ4v) is 2.19. The van der Waals surface area contributed by atoms with Crippen molar-refractivity contribution in [1.82, 2.24) is 0 Å². The smallest absolute Gasteiger partial charge is 0.308 e. The molecule has 3 heteroatoms. The fourth-order valence-electron chi connectivity index (χ4n) is 2.19. The summed E-state index contributed by atoms with van der Waals surface area (Å²) in [4.78, 5) is 13.3. The normalized spacial score (nSPS) is 12.2. The van der Waals surface area contributed by atoms with Crippen LogP contribution in [-0.2, 0) is 11.2 Å². The second-order valence-corrected chi connectivity index (χ2v) is 5.02. The van der Waals surface area contributed by atoms with E-state index in [1.165, 1.54) is 11.3 Å². The third kappa shape index (κ3) is 4.58. The maximum Gasteiger partial charge on any atom is 0.308 e. The van der Waals surface area contributed by atoms with Gasteiger partial charge in [0.1, 0.15) is 0 Å². The van der Waals surface area contributed by atoms with E-state index in [1.807, 2.05) is 12.1 Å². The minimum atomic E-state index is -0.726. The Balaban J connectivity index is 2.91. The molecule has 0 spiro atoms. The van der Waals surface area contributed by atoms with Gasteiger partial charge in [0.05, 0.1) is 5.92 Å². The van der Waals surface area contributed by atoms with Gasteiger partial charge in [0.2, 0.25) is 0 Å². The van der Waals surface area contributed by atoms with Gasteiger partial charge >= 0.3 is 5.97 Å². The molecule has 19 heavy (non-hydrogen) atoms. The fraction of sp³-hybridized carbons (Fsp3) is 0.562. The van der Waals surface area contributed by atoms with E-state index in [-0.39, 0.29) is 5.92 Å². The second kappa shape index (κ2) is 7.82. The van der Waals surface area contributed by atoms with Gasteiger partial charge in [-0.2, -0.15) is 0 Å². The second-order valence-electron chi connectivity index (χ2n) is 5.02. The van der Waals surface area contributed by atoms with Gasteiger partial charge in [-0.25, -0.2) is 0 Å². The Hall–Kier alpha value is -1.51. The number of carbonyl (C=O) groups is 1. The molecule has 0 aliphatic carbocycles. The number of hydrogen-bond acceptors (Lipinski definition) is 2. The highest BCUT2D eigenvalue weighted by molar-refractivity contribution is 5.70. The van der Waals surface area contributed by atoms with Gasteiger partial charge in [0.15, 0.2) is 0 Å². The molecule has 1 aromatic rings. The van der Waals surface area contributed by atoms with Crippen LogP contribution in [0.3, 0.4) is 0 Å². The van der Waals surface area contributed by atoms with Gasteiger partial charge in [-0.1, -0.05) is 45.4 Å². The molecule has 1 aromatic carbocycles. The van der Waals surface area contributed by atoms with Crippen LogP contribution < -0.4 is 4.90 Å². The monoisotopic (exact) mass is 263 g/mol. The number of nitrogens with zero attached hydrogens (tertiary/aromatic N) is 1. The first kappa shape index (κ1) is 15.5. The number of aryl methyl sites for hydroxylation is 1. The Morgan fingerprint density at radius 1 is 1.32 bits per heavy atom. The van der Waals surface area contributed by atoms with Crippen molar-refractivity contribution in [3.63, 3.8) is 0 Å². The minimum Gasteiger partial charge on any atom is -0.481 e. The first-order chi connectivity index (χ1) is 9.10. The number of hydrogen-bond donors (Lipinski definition) is 1. The first-order valence-corrected chi connectivity index (χ1v) is 7.15. The summed E-state index contributed by atoms with van der Waals surface area (Å²) in [7, 11) is 0. The quantitative estimate of drug-likeness (QED) is 0.779. The summed E-state index contributed by atoms with van der Waals surface area (Å²) in [5, 5.41) is 9.10. The van der Waals surface area contributed by atoms with Crippen LogP contribution in [0.2, 0.25) is 0 Å². The van der Waals surface area contributed by atoms with Crippen molar-refractivity contribution in [3.05, 3.63) is 29.8 Å². The van der Waals surface area contributed by atoms with Crippen LogP contribution in [0, 0.1) is 5.92 Å². The number of benzene rings is 1. The average molecular weight is 263 g/mol. The molecule has 0 radical (unpaired) electrons. The van der Waals surface area contributed by atoms with Gasteiger partial charge in [0, 0.05) is 18.8 Å². The predicted molar refractivity (Wildman–Crippen MR) is 79.7 cm³/mol. The zero-order valence-corrected chi connectivity index (χ0v) is 12.2. The molecule has 0 aliphatic heterocycles. The van der Waals surface area contributed by atoms with E-state index < -0.39 is 5.97 Å². The van der Waals surface area contributed by atoms with Crippen LogP contribution in [0.15, 0.2) is 24.3 Å². The molecule has 0 fully saturated rings. The number of para-hydroxylation sites is 1. The van der Waals surface area contributed by atoms with Crippen molar-refractivity contribution < 1.29 is 9.90 Å². The Morgan fingerprint density at radius 3 is 2.58 bits per heavy atom. The Morgan fingerprint density at radius 2 is 2.00 bits per heavy atom. The molecule has 1 atom stereocenters. The van der Waals surface area contributed by atoms with Gasteiger partial charge < -0.3 is 10.0 Å². The molecule has 106 valence electrons.